The Labute approximate surface area is 78.1 Å². The largest absolute Gasteiger partial charge is 0.378 e. The first-order valence-electron chi connectivity index (χ1n) is 4.38. The Morgan fingerprint density at radius 2 is 2.31 bits per heavy atom. The van der Waals surface area contributed by atoms with Crippen molar-refractivity contribution in [2.24, 2.45) is 0 Å². The van der Waals surface area contributed by atoms with Gasteiger partial charge in [0.1, 0.15) is 5.69 Å². The number of aryl methyl sites for hydroxylation is 1. The first-order chi connectivity index (χ1) is 6.33. The highest BCUT2D eigenvalue weighted by atomic mass is 16.5. The van der Waals surface area contributed by atoms with Crippen LogP contribution in [0.3, 0.4) is 0 Å². The number of nitrogens with one attached hydrogen (secondary N) is 1. The van der Waals surface area contributed by atoms with Gasteiger partial charge in [-0.2, -0.15) is 0 Å². The molecular formula is C8H16N4O. The molecule has 5 heteroatoms. The van der Waals surface area contributed by atoms with E-state index in [0.29, 0.717) is 6.61 Å². The first kappa shape index (κ1) is 10.1. The molecule has 0 unspecified atom stereocenters. The maximum atomic E-state index is 5.09. The second kappa shape index (κ2) is 4.94. The Kier molecular flexibility index (Phi) is 3.85. The fourth-order valence-electron chi connectivity index (χ4n) is 1.22. The van der Waals surface area contributed by atoms with Gasteiger partial charge in [0.05, 0.1) is 12.3 Å². The Balaban J connectivity index is 2.85. The van der Waals surface area contributed by atoms with Gasteiger partial charge < -0.3 is 10.1 Å². The summed E-state index contributed by atoms with van der Waals surface area (Å²) in [7, 11) is 3.57. The molecule has 0 aliphatic rings. The van der Waals surface area contributed by atoms with Crippen molar-refractivity contribution in [3.63, 3.8) is 0 Å². The lowest BCUT2D eigenvalue weighted by Gasteiger charge is -2.03. The van der Waals surface area contributed by atoms with E-state index in [9.17, 15) is 0 Å². The molecule has 0 bridgehead atoms. The molecule has 0 aliphatic carbocycles. The maximum absolute atomic E-state index is 5.09. The third-order valence-corrected chi connectivity index (χ3v) is 1.84. The van der Waals surface area contributed by atoms with Crippen LogP contribution in [0, 0.1) is 0 Å². The highest BCUT2D eigenvalue weighted by Crippen LogP contribution is 2.06. The molecule has 0 spiro atoms. The lowest BCUT2D eigenvalue weighted by Crippen LogP contribution is -2.10. The SMILES string of the molecule is CCn1nnc(CNC)c1COC. The Hall–Kier alpha value is -0.940. The number of hydrogen-bond acceptors (Lipinski definition) is 4. The van der Waals surface area contributed by atoms with E-state index >= 15 is 0 Å². The molecule has 0 fully saturated rings. The molecule has 0 atom stereocenters. The summed E-state index contributed by atoms with van der Waals surface area (Å²) < 4.78 is 6.94. The van der Waals surface area contributed by atoms with E-state index in [0.717, 1.165) is 24.5 Å². The standard InChI is InChI=1S/C8H16N4O/c1-4-12-8(6-13-3)7(5-9-2)10-11-12/h9H,4-6H2,1-3H3. The number of hydrogen-bond donors (Lipinski definition) is 1. The maximum Gasteiger partial charge on any atom is 0.102 e. The first-order valence-corrected chi connectivity index (χ1v) is 4.38. The zero-order chi connectivity index (χ0) is 9.68. The smallest absolute Gasteiger partial charge is 0.102 e. The molecule has 1 aromatic rings. The van der Waals surface area contributed by atoms with Crippen molar-refractivity contribution in [1.29, 1.82) is 0 Å². The molecule has 1 N–H and O–H groups in total. The molecule has 13 heavy (non-hydrogen) atoms. The van der Waals surface area contributed by atoms with Gasteiger partial charge in [-0.1, -0.05) is 5.21 Å². The zero-order valence-electron chi connectivity index (χ0n) is 8.37. The second-order valence-corrected chi connectivity index (χ2v) is 2.76. The summed E-state index contributed by atoms with van der Waals surface area (Å²) in [5, 5.41) is 11.1. The van der Waals surface area contributed by atoms with Crippen molar-refractivity contribution < 1.29 is 4.74 Å². The van der Waals surface area contributed by atoms with E-state index in [-0.39, 0.29) is 0 Å². The number of nitrogens with zero attached hydrogens (tertiary/aromatic N) is 3. The van der Waals surface area contributed by atoms with E-state index in [1.807, 2.05) is 18.7 Å². The fraction of sp³-hybridized carbons (Fsp3) is 0.750. The molecule has 0 saturated heterocycles. The summed E-state index contributed by atoms with van der Waals surface area (Å²) in [5.41, 5.74) is 2.02. The van der Waals surface area contributed by atoms with Gasteiger partial charge in [0, 0.05) is 20.2 Å². The molecule has 74 valence electrons. The van der Waals surface area contributed by atoms with Gasteiger partial charge in [0.15, 0.2) is 0 Å². The van der Waals surface area contributed by atoms with E-state index in [1.165, 1.54) is 0 Å². The van der Waals surface area contributed by atoms with Crippen molar-refractivity contribution in [2.75, 3.05) is 14.2 Å². The second-order valence-electron chi connectivity index (χ2n) is 2.76. The van der Waals surface area contributed by atoms with Gasteiger partial charge >= 0.3 is 0 Å². The molecule has 1 rings (SSSR count). The quantitative estimate of drug-likeness (QED) is 0.708. The van der Waals surface area contributed by atoms with Crippen LogP contribution in [0.15, 0.2) is 0 Å². The topological polar surface area (TPSA) is 52.0 Å². The van der Waals surface area contributed by atoms with E-state index in [2.05, 4.69) is 15.6 Å². The van der Waals surface area contributed by atoms with E-state index < -0.39 is 0 Å². The monoisotopic (exact) mass is 184 g/mol. The van der Waals surface area contributed by atoms with Crippen molar-refractivity contribution in [3.05, 3.63) is 11.4 Å². The van der Waals surface area contributed by atoms with Gasteiger partial charge in [-0.05, 0) is 14.0 Å². The summed E-state index contributed by atoms with van der Waals surface area (Å²) in [4.78, 5) is 0. The molecule has 5 nitrogen and oxygen atoms in total. The number of ether oxygens (including phenoxy) is 1. The number of aromatic nitrogens is 3. The normalized spacial score (nSPS) is 10.7. The van der Waals surface area contributed by atoms with Gasteiger partial charge in [-0.3, -0.25) is 0 Å². The molecule has 0 aliphatic heterocycles. The highest BCUT2D eigenvalue weighted by Gasteiger charge is 2.09. The summed E-state index contributed by atoms with van der Waals surface area (Å²) in [5.74, 6) is 0. The molecule has 0 aromatic carbocycles. The summed E-state index contributed by atoms with van der Waals surface area (Å²) in [6.07, 6.45) is 0. The van der Waals surface area contributed by atoms with Crippen molar-refractivity contribution in [1.82, 2.24) is 20.3 Å². The molecule has 0 radical (unpaired) electrons. The number of rotatable bonds is 5. The minimum absolute atomic E-state index is 0.567. The predicted molar refractivity (Wildman–Crippen MR) is 49.2 cm³/mol. The molecule has 0 amide bonds. The van der Waals surface area contributed by atoms with Crippen LogP contribution in [-0.4, -0.2) is 29.2 Å². The van der Waals surface area contributed by atoms with Crippen LogP contribution < -0.4 is 5.32 Å². The van der Waals surface area contributed by atoms with E-state index in [4.69, 9.17) is 4.74 Å². The van der Waals surface area contributed by atoms with Gasteiger partial charge in [0.2, 0.25) is 0 Å². The van der Waals surface area contributed by atoms with Crippen molar-refractivity contribution in [2.45, 2.75) is 26.6 Å². The molecule has 0 saturated carbocycles. The summed E-state index contributed by atoms with van der Waals surface area (Å²) in [6, 6.07) is 0. The lowest BCUT2D eigenvalue weighted by atomic mass is 10.3. The van der Waals surface area contributed by atoms with Crippen LogP contribution in [0.4, 0.5) is 0 Å². The summed E-state index contributed by atoms with van der Waals surface area (Å²) in [6.45, 7) is 4.17. The van der Waals surface area contributed by atoms with Crippen LogP contribution >= 0.6 is 0 Å². The highest BCUT2D eigenvalue weighted by molar-refractivity contribution is 5.08. The minimum Gasteiger partial charge on any atom is -0.378 e. The average molecular weight is 184 g/mol. The van der Waals surface area contributed by atoms with Gasteiger partial charge in [-0.25, -0.2) is 4.68 Å². The van der Waals surface area contributed by atoms with Crippen molar-refractivity contribution in [3.8, 4) is 0 Å². The predicted octanol–water partition coefficient (Wildman–Crippen LogP) is 0.164. The summed E-state index contributed by atoms with van der Waals surface area (Å²) >= 11 is 0. The minimum atomic E-state index is 0.567. The lowest BCUT2D eigenvalue weighted by molar-refractivity contribution is 0.176. The van der Waals surface area contributed by atoms with Crippen LogP contribution in [0.5, 0.6) is 0 Å². The van der Waals surface area contributed by atoms with Crippen LogP contribution in [-0.2, 0) is 24.4 Å². The molecular weight excluding hydrogens is 168 g/mol. The van der Waals surface area contributed by atoms with Gasteiger partial charge in [0.25, 0.3) is 0 Å². The zero-order valence-corrected chi connectivity index (χ0v) is 8.37. The Morgan fingerprint density at radius 1 is 1.54 bits per heavy atom. The van der Waals surface area contributed by atoms with Crippen LogP contribution in [0.25, 0.3) is 0 Å². The fourth-order valence-corrected chi connectivity index (χ4v) is 1.22. The van der Waals surface area contributed by atoms with Gasteiger partial charge in [-0.15, -0.1) is 5.10 Å². The number of methoxy groups -OCH3 is 1. The van der Waals surface area contributed by atoms with Crippen molar-refractivity contribution >= 4 is 0 Å². The molecule has 1 heterocycles. The van der Waals surface area contributed by atoms with E-state index in [1.54, 1.807) is 7.11 Å². The Morgan fingerprint density at radius 3 is 2.85 bits per heavy atom. The van der Waals surface area contributed by atoms with Crippen LogP contribution in [0.2, 0.25) is 0 Å². The Bertz CT molecular complexity index is 259. The average Bonchev–Trinajstić information content (AvgIpc) is 2.50. The van der Waals surface area contributed by atoms with Crippen LogP contribution in [0.1, 0.15) is 18.3 Å². The molecule has 1 aromatic heterocycles. The third-order valence-electron chi connectivity index (χ3n) is 1.84. The third kappa shape index (κ3) is 2.26.